The first-order chi connectivity index (χ1) is 16.5. The van der Waals surface area contributed by atoms with Crippen molar-refractivity contribution in [1.29, 1.82) is 0 Å². The summed E-state index contributed by atoms with van der Waals surface area (Å²) in [5.74, 6) is -0.221. The van der Waals surface area contributed by atoms with Crippen LogP contribution in [0, 0.1) is 0 Å². The number of hydrogen-bond acceptors (Lipinski definition) is 5. The molecule has 2 aromatic carbocycles. The van der Waals surface area contributed by atoms with Gasteiger partial charge in [-0.3, -0.25) is 9.78 Å². The largest absolute Gasteiger partial charge is 0.305 e. The molecule has 0 atom stereocenters. The smallest absolute Gasteiger partial charge is 0.264 e. The predicted octanol–water partition coefficient (Wildman–Crippen LogP) is 5.10. The van der Waals surface area contributed by atoms with Gasteiger partial charge in [0.2, 0.25) is 5.91 Å². The predicted molar refractivity (Wildman–Crippen MR) is 141 cm³/mol. The number of aromatic nitrogens is 1. The Hall–Kier alpha value is -3.03. The zero-order valence-corrected chi connectivity index (χ0v) is 22.2. The van der Waals surface area contributed by atoms with E-state index in [1.54, 1.807) is 18.3 Å². The van der Waals surface area contributed by atoms with Gasteiger partial charge in [-0.25, -0.2) is 13.1 Å². The number of benzene rings is 2. The van der Waals surface area contributed by atoms with Gasteiger partial charge in [0.25, 0.3) is 10.0 Å². The van der Waals surface area contributed by atoms with Crippen LogP contribution in [0.25, 0.3) is 11.1 Å². The molecule has 1 aromatic heterocycles. The number of hydrogen-bond donors (Lipinski definition) is 1. The monoisotopic (exact) mass is 493 g/mol. The molecule has 0 fully saturated rings. The summed E-state index contributed by atoms with van der Waals surface area (Å²) in [6.45, 7) is 9.04. The van der Waals surface area contributed by atoms with Crippen LogP contribution in [0.3, 0.4) is 0 Å². The topological polar surface area (TPSA) is 79.4 Å². The van der Waals surface area contributed by atoms with Crippen molar-refractivity contribution < 1.29 is 13.2 Å². The third kappa shape index (κ3) is 6.77. The molecule has 0 aliphatic rings. The number of pyridine rings is 1. The summed E-state index contributed by atoms with van der Waals surface area (Å²) < 4.78 is 28.1. The van der Waals surface area contributed by atoms with E-state index in [2.05, 4.69) is 49.5 Å². The zero-order chi connectivity index (χ0) is 25.8. The Labute approximate surface area is 209 Å². The summed E-state index contributed by atoms with van der Waals surface area (Å²) in [6.07, 6.45) is 3.56. The third-order valence-electron chi connectivity index (χ3n) is 5.88. The lowest BCUT2D eigenvalue weighted by atomic mass is 9.84. The Kier molecular flexibility index (Phi) is 8.46. The lowest BCUT2D eigenvalue weighted by Gasteiger charge is -2.22. The van der Waals surface area contributed by atoms with E-state index in [1.807, 2.05) is 37.3 Å². The van der Waals surface area contributed by atoms with E-state index >= 15 is 0 Å². The maximum absolute atomic E-state index is 13.0. The Morgan fingerprint density at radius 1 is 0.943 bits per heavy atom. The number of nitrogens with one attached hydrogen (secondary N) is 1. The molecule has 1 heterocycles. The lowest BCUT2D eigenvalue weighted by Crippen LogP contribution is -2.32. The number of rotatable bonds is 9. The van der Waals surface area contributed by atoms with E-state index in [0.29, 0.717) is 6.54 Å². The van der Waals surface area contributed by atoms with Crippen LogP contribution in [0.4, 0.5) is 0 Å². The van der Waals surface area contributed by atoms with Gasteiger partial charge in [-0.1, -0.05) is 58.0 Å². The van der Waals surface area contributed by atoms with Gasteiger partial charge >= 0.3 is 0 Å². The van der Waals surface area contributed by atoms with Crippen molar-refractivity contribution >= 4 is 15.9 Å². The van der Waals surface area contributed by atoms with Crippen molar-refractivity contribution in [2.75, 3.05) is 14.1 Å². The van der Waals surface area contributed by atoms with E-state index in [-0.39, 0.29) is 23.2 Å². The molecule has 0 saturated heterocycles. The van der Waals surface area contributed by atoms with Gasteiger partial charge in [0.05, 0.1) is 11.3 Å². The molecule has 186 valence electrons. The Bertz CT molecular complexity index is 1240. The standard InChI is InChI=1S/C28H35N3O3S/c1-19(2)25-14-23(22-8-7-13-29-17-22)15-26(20(3)4)27(25)16-28(32)30-35(33,34)24-11-9-21(10-12-24)18-31(5)6/h7-15,17,19-20H,16,18H2,1-6H3,(H,30,32). The molecule has 3 aromatic rings. The van der Waals surface area contributed by atoms with E-state index in [4.69, 9.17) is 0 Å². The van der Waals surface area contributed by atoms with E-state index < -0.39 is 15.9 Å². The summed E-state index contributed by atoms with van der Waals surface area (Å²) in [7, 11) is -0.0648. The number of amides is 1. The second-order valence-corrected chi connectivity index (χ2v) is 11.5. The number of sulfonamides is 1. The summed E-state index contributed by atoms with van der Waals surface area (Å²) in [6, 6.07) is 14.7. The molecule has 0 bridgehead atoms. The Morgan fingerprint density at radius 2 is 1.54 bits per heavy atom. The number of carbonyl (C=O) groups excluding carboxylic acids is 1. The minimum atomic E-state index is -3.96. The van der Waals surface area contributed by atoms with E-state index in [9.17, 15) is 13.2 Å². The van der Waals surface area contributed by atoms with Crippen LogP contribution < -0.4 is 4.72 Å². The molecule has 1 N–H and O–H groups in total. The van der Waals surface area contributed by atoms with E-state index in [1.165, 1.54) is 12.1 Å². The fourth-order valence-electron chi connectivity index (χ4n) is 4.20. The second kappa shape index (κ2) is 11.1. The van der Waals surface area contributed by atoms with Crippen LogP contribution in [0.5, 0.6) is 0 Å². The highest BCUT2D eigenvalue weighted by Crippen LogP contribution is 2.34. The van der Waals surface area contributed by atoms with Gasteiger partial charge in [-0.2, -0.15) is 0 Å². The normalized spacial score (nSPS) is 11.9. The van der Waals surface area contributed by atoms with Gasteiger partial charge in [0, 0.05) is 24.5 Å². The zero-order valence-electron chi connectivity index (χ0n) is 21.4. The summed E-state index contributed by atoms with van der Waals surface area (Å²) in [5, 5.41) is 0. The van der Waals surface area contributed by atoms with Gasteiger partial charge in [-0.05, 0) is 71.9 Å². The van der Waals surface area contributed by atoms with Crippen molar-refractivity contribution in [2.24, 2.45) is 0 Å². The second-order valence-electron chi connectivity index (χ2n) is 9.77. The molecular weight excluding hydrogens is 458 g/mol. The van der Waals surface area contributed by atoms with Crippen molar-refractivity contribution in [1.82, 2.24) is 14.6 Å². The van der Waals surface area contributed by atoms with Crippen LogP contribution in [-0.4, -0.2) is 38.3 Å². The average Bonchev–Trinajstić information content (AvgIpc) is 2.79. The minimum absolute atomic E-state index is 0.00765. The first-order valence-electron chi connectivity index (χ1n) is 11.8. The molecule has 6 nitrogen and oxygen atoms in total. The van der Waals surface area contributed by atoms with Gasteiger partial charge < -0.3 is 4.90 Å². The van der Waals surface area contributed by atoms with Crippen LogP contribution in [-0.2, 0) is 27.8 Å². The molecule has 0 saturated carbocycles. The Balaban J connectivity index is 1.90. The van der Waals surface area contributed by atoms with E-state index in [0.717, 1.165) is 33.4 Å². The van der Waals surface area contributed by atoms with Crippen molar-refractivity contribution in [2.45, 2.75) is 57.4 Å². The highest BCUT2D eigenvalue weighted by Gasteiger charge is 2.22. The number of carbonyl (C=O) groups is 1. The van der Waals surface area contributed by atoms with Crippen molar-refractivity contribution in [3.63, 3.8) is 0 Å². The lowest BCUT2D eigenvalue weighted by molar-refractivity contribution is -0.118. The van der Waals surface area contributed by atoms with Crippen molar-refractivity contribution in [3.05, 3.63) is 83.2 Å². The first kappa shape index (κ1) is 26.6. The van der Waals surface area contributed by atoms with Crippen LogP contribution in [0.1, 0.15) is 61.8 Å². The molecular formula is C28H35N3O3S. The summed E-state index contributed by atoms with van der Waals surface area (Å²) in [5.41, 5.74) is 6.01. The SMILES string of the molecule is CC(C)c1cc(-c2cccnc2)cc(C(C)C)c1CC(=O)NS(=O)(=O)c1ccc(CN(C)C)cc1. The molecule has 3 rings (SSSR count). The van der Waals surface area contributed by atoms with Gasteiger partial charge in [0.15, 0.2) is 0 Å². The minimum Gasteiger partial charge on any atom is -0.305 e. The average molecular weight is 494 g/mol. The Morgan fingerprint density at radius 3 is 2.03 bits per heavy atom. The quantitative estimate of drug-likeness (QED) is 0.448. The summed E-state index contributed by atoms with van der Waals surface area (Å²) >= 11 is 0. The molecule has 0 spiro atoms. The van der Waals surface area contributed by atoms with Gasteiger partial charge in [-0.15, -0.1) is 0 Å². The van der Waals surface area contributed by atoms with Crippen LogP contribution in [0.15, 0.2) is 65.8 Å². The molecule has 0 radical (unpaired) electrons. The van der Waals surface area contributed by atoms with Crippen LogP contribution >= 0.6 is 0 Å². The molecule has 35 heavy (non-hydrogen) atoms. The van der Waals surface area contributed by atoms with Crippen LogP contribution in [0.2, 0.25) is 0 Å². The van der Waals surface area contributed by atoms with Crippen molar-refractivity contribution in [3.8, 4) is 11.1 Å². The number of nitrogens with zero attached hydrogens (tertiary/aromatic N) is 2. The first-order valence-corrected chi connectivity index (χ1v) is 13.3. The molecule has 0 aliphatic carbocycles. The maximum Gasteiger partial charge on any atom is 0.264 e. The van der Waals surface area contributed by atoms with Gasteiger partial charge in [0.1, 0.15) is 0 Å². The molecule has 7 heteroatoms. The highest BCUT2D eigenvalue weighted by molar-refractivity contribution is 7.90. The molecule has 1 amide bonds. The molecule has 0 aliphatic heterocycles. The fourth-order valence-corrected chi connectivity index (χ4v) is 5.18. The third-order valence-corrected chi connectivity index (χ3v) is 7.26. The molecule has 0 unspecified atom stereocenters. The maximum atomic E-state index is 13.0. The summed E-state index contributed by atoms with van der Waals surface area (Å²) in [4.78, 5) is 19.3. The fraction of sp³-hybridized carbons (Fsp3) is 0.357. The highest BCUT2D eigenvalue weighted by atomic mass is 32.2.